The Morgan fingerprint density at radius 1 is 1.24 bits per heavy atom. The summed E-state index contributed by atoms with van der Waals surface area (Å²) in [5.74, 6) is -4.31. The summed E-state index contributed by atoms with van der Waals surface area (Å²) in [5, 5.41) is 27.1. The maximum Gasteiger partial charge on any atom is 0.406 e. The van der Waals surface area contributed by atoms with Crippen molar-refractivity contribution in [1.29, 1.82) is 16.1 Å². The zero-order valence-electron chi connectivity index (χ0n) is 16.9. The molecule has 7 nitrogen and oxygen atoms in total. The maximum atomic E-state index is 13.4. The Labute approximate surface area is 191 Å². The zero-order valence-corrected chi connectivity index (χ0v) is 17.6. The second-order valence-electron chi connectivity index (χ2n) is 7.34. The number of fused-ring (bicyclic) bond motifs is 1. The van der Waals surface area contributed by atoms with Gasteiger partial charge < -0.3 is 21.0 Å². The van der Waals surface area contributed by atoms with Gasteiger partial charge in [0.2, 0.25) is 5.91 Å². The molecule has 1 aliphatic rings. The normalized spacial score (nSPS) is 18.6. The second kappa shape index (κ2) is 9.42. The van der Waals surface area contributed by atoms with Crippen LogP contribution >= 0.6 is 11.6 Å². The summed E-state index contributed by atoms with van der Waals surface area (Å²) in [6.45, 7) is -1.65. The van der Waals surface area contributed by atoms with Crippen molar-refractivity contribution >= 4 is 41.5 Å². The lowest BCUT2D eigenvalue weighted by Crippen LogP contribution is -2.57. The predicted octanol–water partition coefficient (Wildman–Crippen LogP) is 4.24. The Morgan fingerprint density at radius 2 is 1.91 bits per heavy atom. The number of amides is 2. The summed E-state index contributed by atoms with van der Waals surface area (Å²) >= 11 is 5.98. The second-order valence-corrected chi connectivity index (χ2v) is 7.78. The van der Waals surface area contributed by atoms with Gasteiger partial charge in [0.15, 0.2) is 0 Å². The molecule has 11 heteroatoms. The SMILES string of the molecule is N#Cc1cc(Cl)cc(NC(=O)[C@H]2c3ccccc3C(=O)N(CC(F)(F)F)[C@@H]2C(C=N)C=N)c1. The maximum absolute atomic E-state index is 13.4. The molecule has 0 unspecified atom stereocenters. The van der Waals surface area contributed by atoms with E-state index < -0.39 is 42.4 Å². The number of rotatable bonds is 6. The van der Waals surface area contributed by atoms with Gasteiger partial charge in [-0.2, -0.15) is 18.4 Å². The van der Waals surface area contributed by atoms with E-state index in [2.05, 4.69) is 5.32 Å². The van der Waals surface area contributed by atoms with Gasteiger partial charge in [-0.1, -0.05) is 29.8 Å². The number of nitriles is 1. The topological polar surface area (TPSA) is 121 Å². The average molecular weight is 476 g/mol. The monoisotopic (exact) mass is 475 g/mol. The molecule has 170 valence electrons. The lowest BCUT2D eigenvalue weighted by molar-refractivity contribution is -0.148. The quantitative estimate of drug-likeness (QED) is 0.542. The van der Waals surface area contributed by atoms with E-state index in [0.29, 0.717) is 4.90 Å². The average Bonchev–Trinajstić information content (AvgIpc) is 2.75. The largest absolute Gasteiger partial charge is 0.406 e. The van der Waals surface area contributed by atoms with Gasteiger partial charge in [0.1, 0.15) is 6.54 Å². The van der Waals surface area contributed by atoms with Crippen LogP contribution in [0.3, 0.4) is 0 Å². The first-order valence-corrected chi connectivity index (χ1v) is 9.96. The molecule has 1 aliphatic heterocycles. The molecule has 2 aromatic rings. The predicted molar refractivity (Wildman–Crippen MR) is 116 cm³/mol. The molecule has 0 saturated carbocycles. The molecule has 0 saturated heterocycles. The van der Waals surface area contributed by atoms with Crippen molar-refractivity contribution in [1.82, 2.24) is 4.90 Å². The van der Waals surface area contributed by atoms with Crippen molar-refractivity contribution in [3.63, 3.8) is 0 Å². The van der Waals surface area contributed by atoms with Crippen LogP contribution in [-0.2, 0) is 4.79 Å². The molecule has 2 aromatic carbocycles. The number of nitrogens with one attached hydrogen (secondary N) is 3. The Hall–Kier alpha value is -3.71. The molecule has 3 N–H and O–H groups in total. The van der Waals surface area contributed by atoms with Crippen LogP contribution in [0.4, 0.5) is 18.9 Å². The highest BCUT2D eigenvalue weighted by molar-refractivity contribution is 6.31. The van der Waals surface area contributed by atoms with Crippen molar-refractivity contribution in [2.45, 2.75) is 18.1 Å². The first kappa shape index (κ1) is 23.9. The summed E-state index contributed by atoms with van der Waals surface area (Å²) in [5.41, 5.74) is 0.403. The highest BCUT2D eigenvalue weighted by Gasteiger charge is 2.49. The van der Waals surface area contributed by atoms with Crippen molar-refractivity contribution in [3.8, 4) is 6.07 Å². The van der Waals surface area contributed by atoms with E-state index in [9.17, 15) is 22.8 Å². The first-order valence-electron chi connectivity index (χ1n) is 9.59. The fourth-order valence-electron chi connectivity index (χ4n) is 3.91. The third-order valence-corrected chi connectivity index (χ3v) is 5.41. The molecule has 3 rings (SSSR count). The van der Waals surface area contributed by atoms with Gasteiger partial charge in [0.05, 0.1) is 23.6 Å². The van der Waals surface area contributed by atoms with E-state index in [4.69, 9.17) is 27.7 Å². The fourth-order valence-corrected chi connectivity index (χ4v) is 4.14. The Morgan fingerprint density at radius 3 is 2.52 bits per heavy atom. The van der Waals surface area contributed by atoms with Crippen LogP contribution in [0.15, 0.2) is 42.5 Å². The molecular weight excluding hydrogens is 459 g/mol. The van der Waals surface area contributed by atoms with Crippen molar-refractivity contribution < 1.29 is 22.8 Å². The summed E-state index contributed by atoms with van der Waals surface area (Å²) in [6, 6.07) is 10.3. The molecule has 2 amide bonds. The number of benzene rings is 2. The Kier molecular flexibility index (Phi) is 6.84. The van der Waals surface area contributed by atoms with Gasteiger partial charge in [-0.3, -0.25) is 9.59 Å². The summed E-state index contributed by atoms with van der Waals surface area (Å²) in [7, 11) is 0. The zero-order chi connectivity index (χ0) is 24.3. The molecule has 0 spiro atoms. The molecule has 1 heterocycles. The summed E-state index contributed by atoms with van der Waals surface area (Å²) in [6.07, 6.45) is -3.31. The van der Waals surface area contributed by atoms with Crippen LogP contribution in [0.2, 0.25) is 5.02 Å². The van der Waals surface area contributed by atoms with Gasteiger partial charge in [-0.15, -0.1) is 0 Å². The van der Waals surface area contributed by atoms with Crippen LogP contribution in [0.25, 0.3) is 0 Å². The first-order chi connectivity index (χ1) is 15.6. The minimum absolute atomic E-state index is 0.0735. The third kappa shape index (κ3) is 5.04. The minimum Gasteiger partial charge on any atom is -0.325 e. The van der Waals surface area contributed by atoms with Gasteiger partial charge in [0, 0.05) is 34.6 Å². The fraction of sp³-hybridized carbons (Fsp3) is 0.227. The number of hydrogen-bond acceptors (Lipinski definition) is 5. The number of alkyl halides is 3. The van der Waals surface area contributed by atoms with Gasteiger partial charge in [0.25, 0.3) is 5.91 Å². The molecule has 0 bridgehead atoms. The van der Waals surface area contributed by atoms with E-state index in [0.717, 1.165) is 12.4 Å². The van der Waals surface area contributed by atoms with Crippen LogP contribution < -0.4 is 5.32 Å². The number of carbonyl (C=O) groups excluding carboxylic acids is 2. The number of halogens is 4. The lowest BCUT2D eigenvalue weighted by Gasteiger charge is -2.43. The molecule has 0 radical (unpaired) electrons. The van der Waals surface area contributed by atoms with Crippen molar-refractivity contribution in [2.24, 2.45) is 5.92 Å². The molecule has 0 aromatic heterocycles. The van der Waals surface area contributed by atoms with E-state index >= 15 is 0 Å². The van der Waals surface area contributed by atoms with E-state index in [-0.39, 0.29) is 27.4 Å². The standard InChI is InChI=1S/C22H17ClF3N5O2/c23-14-5-12(8-27)6-15(7-14)30-20(32)18-16-3-1-2-4-17(16)21(33)31(11-22(24,25)26)19(18)13(9-28)10-29/h1-7,9-10,13,18-19,28-29H,11H2,(H,30,32)/t13?,18-,19+/m0/s1. The molecule has 0 fully saturated rings. The highest BCUT2D eigenvalue weighted by Crippen LogP contribution is 2.38. The van der Waals surface area contributed by atoms with Gasteiger partial charge in [-0.05, 0) is 29.8 Å². The highest BCUT2D eigenvalue weighted by atomic mass is 35.5. The van der Waals surface area contributed by atoms with Crippen LogP contribution in [-0.4, -0.2) is 47.9 Å². The Balaban J connectivity index is 2.15. The van der Waals surface area contributed by atoms with E-state index in [1.54, 1.807) is 6.07 Å². The number of carbonyl (C=O) groups is 2. The molecular formula is C22H17ClF3N5O2. The van der Waals surface area contributed by atoms with Gasteiger partial charge >= 0.3 is 6.18 Å². The van der Waals surface area contributed by atoms with Gasteiger partial charge in [-0.25, -0.2) is 0 Å². The smallest absolute Gasteiger partial charge is 0.325 e. The van der Waals surface area contributed by atoms with Crippen LogP contribution in [0.1, 0.15) is 27.4 Å². The third-order valence-electron chi connectivity index (χ3n) is 5.19. The van der Waals surface area contributed by atoms with E-state index in [1.807, 2.05) is 6.07 Å². The molecule has 0 aliphatic carbocycles. The lowest BCUT2D eigenvalue weighted by atomic mass is 9.77. The summed E-state index contributed by atoms with van der Waals surface area (Å²) in [4.78, 5) is 26.9. The Bertz CT molecular complexity index is 1150. The van der Waals surface area contributed by atoms with Crippen molar-refractivity contribution in [2.75, 3.05) is 11.9 Å². The molecule has 2 atom stereocenters. The molecule has 33 heavy (non-hydrogen) atoms. The van der Waals surface area contributed by atoms with Crippen molar-refractivity contribution in [3.05, 3.63) is 64.2 Å². The minimum atomic E-state index is -4.77. The van der Waals surface area contributed by atoms with Crippen LogP contribution in [0, 0.1) is 28.1 Å². The summed E-state index contributed by atoms with van der Waals surface area (Å²) < 4.78 is 40.1. The number of hydrogen-bond donors (Lipinski definition) is 3. The number of anilines is 1. The van der Waals surface area contributed by atoms with E-state index in [1.165, 1.54) is 36.4 Å². The van der Waals surface area contributed by atoms with Crippen LogP contribution in [0.5, 0.6) is 0 Å². The number of nitrogens with zero attached hydrogens (tertiary/aromatic N) is 2.